The zero-order chi connectivity index (χ0) is 9.36. The Bertz CT molecular complexity index is 115. The van der Waals surface area contributed by atoms with Gasteiger partial charge in [-0.2, -0.15) is 0 Å². The molecule has 1 saturated heterocycles. The molecule has 0 aliphatic carbocycles. The van der Waals surface area contributed by atoms with Crippen LogP contribution in [-0.2, 0) is 14.2 Å². The van der Waals surface area contributed by atoms with E-state index in [1.807, 2.05) is 0 Å². The maximum absolute atomic E-state index is 5.55. The van der Waals surface area contributed by atoms with Crippen molar-refractivity contribution < 1.29 is 14.2 Å². The Morgan fingerprint density at radius 1 is 1.23 bits per heavy atom. The van der Waals surface area contributed by atoms with Gasteiger partial charge in [-0.05, 0) is 13.0 Å². The minimum Gasteiger partial charge on any atom is -0.382 e. The molecule has 0 saturated carbocycles. The molecule has 1 aliphatic heterocycles. The van der Waals surface area contributed by atoms with E-state index in [9.17, 15) is 0 Å². The lowest BCUT2D eigenvalue weighted by Gasteiger charge is -2.10. The maximum atomic E-state index is 5.55. The third-order valence-corrected chi connectivity index (χ3v) is 2.03. The molecule has 4 heteroatoms. The second-order valence-corrected chi connectivity index (χ2v) is 3.09. The molecule has 1 heterocycles. The number of hydrogen-bond acceptors (Lipinski definition) is 4. The summed E-state index contributed by atoms with van der Waals surface area (Å²) >= 11 is 0. The molecule has 1 atom stereocenters. The van der Waals surface area contributed by atoms with Crippen molar-refractivity contribution in [3.05, 3.63) is 0 Å². The predicted octanol–water partition coefficient (Wildman–Crippen LogP) is 0.0279. The van der Waals surface area contributed by atoms with Crippen LogP contribution in [0.5, 0.6) is 0 Å². The molecule has 78 valence electrons. The Morgan fingerprint density at radius 2 is 2.08 bits per heavy atom. The number of nitrogens with one attached hydrogen (secondary N) is 1. The number of hydrogen-bond donors (Lipinski definition) is 1. The summed E-state index contributed by atoms with van der Waals surface area (Å²) in [4.78, 5) is 0. The molecular formula is C9H19NO3. The lowest BCUT2D eigenvalue weighted by atomic mass is 10.3. The fraction of sp³-hybridized carbons (Fsp3) is 1.00. The van der Waals surface area contributed by atoms with Crippen LogP contribution in [0.3, 0.4) is 0 Å². The van der Waals surface area contributed by atoms with Gasteiger partial charge >= 0.3 is 0 Å². The zero-order valence-corrected chi connectivity index (χ0v) is 8.25. The van der Waals surface area contributed by atoms with Crippen LogP contribution in [0, 0.1) is 0 Å². The van der Waals surface area contributed by atoms with Crippen LogP contribution in [0.1, 0.15) is 6.42 Å². The van der Waals surface area contributed by atoms with Crippen molar-refractivity contribution in [1.82, 2.24) is 5.32 Å². The first-order valence-electron chi connectivity index (χ1n) is 4.82. The smallest absolute Gasteiger partial charge is 0.0712 e. The van der Waals surface area contributed by atoms with Gasteiger partial charge < -0.3 is 19.5 Å². The zero-order valence-electron chi connectivity index (χ0n) is 8.25. The normalized spacial score (nSPS) is 22.4. The van der Waals surface area contributed by atoms with Gasteiger partial charge in [0.2, 0.25) is 0 Å². The third-order valence-electron chi connectivity index (χ3n) is 2.03. The van der Waals surface area contributed by atoms with Crippen LogP contribution in [0.2, 0.25) is 0 Å². The fourth-order valence-electron chi connectivity index (χ4n) is 1.29. The van der Waals surface area contributed by atoms with Gasteiger partial charge in [0, 0.05) is 13.7 Å². The SMILES string of the molecule is COCCOCCOC1CCNC1. The van der Waals surface area contributed by atoms with Gasteiger partial charge in [0.1, 0.15) is 0 Å². The van der Waals surface area contributed by atoms with Crippen molar-refractivity contribution in [2.45, 2.75) is 12.5 Å². The molecule has 0 amide bonds. The lowest BCUT2D eigenvalue weighted by Crippen LogP contribution is -2.19. The van der Waals surface area contributed by atoms with Crippen molar-refractivity contribution in [3.8, 4) is 0 Å². The van der Waals surface area contributed by atoms with Gasteiger partial charge in [0.15, 0.2) is 0 Å². The fourth-order valence-corrected chi connectivity index (χ4v) is 1.29. The van der Waals surface area contributed by atoms with Gasteiger partial charge in [0.25, 0.3) is 0 Å². The highest BCUT2D eigenvalue weighted by Gasteiger charge is 2.13. The highest BCUT2D eigenvalue weighted by atomic mass is 16.5. The molecule has 1 N–H and O–H groups in total. The maximum Gasteiger partial charge on any atom is 0.0712 e. The topological polar surface area (TPSA) is 39.7 Å². The van der Waals surface area contributed by atoms with Gasteiger partial charge in [-0.1, -0.05) is 0 Å². The Morgan fingerprint density at radius 3 is 2.77 bits per heavy atom. The molecule has 0 radical (unpaired) electrons. The molecule has 0 spiro atoms. The lowest BCUT2D eigenvalue weighted by molar-refractivity contribution is 0.000263. The number of rotatable bonds is 7. The summed E-state index contributed by atoms with van der Waals surface area (Å²) in [6.07, 6.45) is 1.52. The summed E-state index contributed by atoms with van der Waals surface area (Å²) < 4.78 is 15.7. The summed E-state index contributed by atoms with van der Waals surface area (Å²) in [6, 6.07) is 0. The predicted molar refractivity (Wildman–Crippen MR) is 49.9 cm³/mol. The van der Waals surface area contributed by atoms with Crippen LogP contribution >= 0.6 is 0 Å². The summed E-state index contributed by atoms with van der Waals surface area (Å²) in [6.45, 7) is 4.73. The van der Waals surface area contributed by atoms with Crippen LogP contribution in [-0.4, -0.2) is 52.7 Å². The Labute approximate surface area is 79.5 Å². The van der Waals surface area contributed by atoms with E-state index in [-0.39, 0.29) is 0 Å². The first kappa shape index (κ1) is 10.9. The molecule has 0 aromatic carbocycles. The first-order chi connectivity index (χ1) is 6.43. The van der Waals surface area contributed by atoms with Crippen molar-refractivity contribution in [3.63, 3.8) is 0 Å². The van der Waals surface area contributed by atoms with E-state index in [1.165, 1.54) is 0 Å². The van der Waals surface area contributed by atoms with Crippen LogP contribution in [0.25, 0.3) is 0 Å². The van der Waals surface area contributed by atoms with E-state index < -0.39 is 0 Å². The third kappa shape index (κ3) is 5.21. The van der Waals surface area contributed by atoms with Crippen LogP contribution in [0.4, 0.5) is 0 Å². The molecule has 1 rings (SSSR count). The van der Waals surface area contributed by atoms with E-state index in [0.29, 0.717) is 32.5 Å². The van der Waals surface area contributed by atoms with Gasteiger partial charge in [-0.3, -0.25) is 0 Å². The largest absolute Gasteiger partial charge is 0.382 e. The molecular weight excluding hydrogens is 170 g/mol. The highest BCUT2D eigenvalue weighted by Crippen LogP contribution is 2.01. The average molecular weight is 189 g/mol. The van der Waals surface area contributed by atoms with E-state index in [4.69, 9.17) is 14.2 Å². The Hall–Kier alpha value is -0.160. The van der Waals surface area contributed by atoms with Crippen molar-refractivity contribution in [2.24, 2.45) is 0 Å². The van der Waals surface area contributed by atoms with Gasteiger partial charge in [0.05, 0.1) is 32.5 Å². The number of methoxy groups -OCH3 is 1. The molecule has 0 aromatic heterocycles. The molecule has 13 heavy (non-hydrogen) atoms. The van der Waals surface area contributed by atoms with Crippen molar-refractivity contribution in [1.29, 1.82) is 0 Å². The second kappa shape index (κ2) is 7.26. The highest BCUT2D eigenvalue weighted by molar-refractivity contribution is 4.70. The molecule has 4 nitrogen and oxygen atoms in total. The van der Waals surface area contributed by atoms with E-state index >= 15 is 0 Å². The minimum atomic E-state index is 0.394. The summed E-state index contributed by atoms with van der Waals surface area (Å²) in [5, 5.41) is 3.25. The van der Waals surface area contributed by atoms with Gasteiger partial charge in [-0.25, -0.2) is 0 Å². The molecule has 1 aliphatic rings. The van der Waals surface area contributed by atoms with E-state index in [2.05, 4.69) is 5.32 Å². The monoisotopic (exact) mass is 189 g/mol. The second-order valence-electron chi connectivity index (χ2n) is 3.09. The summed E-state index contributed by atoms with van der Waals surface area (Å²) in [5.74, 6) is 0. The van der Waals surface area contributed by atoms with Crippen molar-refractivity contribution >= 4 is 0 Å². The molecule has 0 bridgehead atoms. The summed E-state index contributed by atoms with van der Waals surface area (Å²) in [5.41, 5.74) is 0. The van der Waals surface area contributed by atoms with Crippen LogP contribution < -0.4 is 5.32 Å². The quantitative estimate of drug-likeness (QED) is 0.573. The van der Waals surface area contributed by atoms with E-state index in [0.717, 1.165) is 19.5 Å². The standard InChI is InChI=1S/C9H19NO3/c1-11-4-5-12-6-7-13-9-2-3-10-8-9/h9-10H,2-8H2,1H3. The molecule has 0 aromatic rings. The minimum absolute atomic E-state index is 0.394. The summed E-state index contributed by atoms with van der Waals surface area (Å²) in [7, 11) is 1.67. The average Bonchev–Trinajstić information content (AvgIpc) is 2.63. The van der Waals surface area contributed by atoms with Crippen LogP contribution in [0.15, 0.2) is 0 Å². The Balaban J connectivity index is 1.78. The molecule has 1 unspecified atom stereocenters. The molecule has 1 fully saturated rings. The first-order valence-corrected chi connectivity index (χ1v) is 4.82. The Kier molecular flexibility index (Phi) is 6.10. The van der Waals surface area contributed by atoms with Gasteiger partial charge in [-0.15, -0.1) is 0 Å². The van der Waals surface area contributed by atoms with E-state index in [1.54, 1.807) is 7.11 Å². The van der Waals surface area contributed by atoms with Crippen molar-refractivity contribution in [2.75, 3.05) is 46.6 Å². The number of ether oxygens (including phenoxy) is 3.